The maximum absolute atomic E-state index is 12.4. The van der Waals surface area contributed by atoms with E-state index < -0.39 is 16.1 Å². The molecule has 0 unspecified atom stereocenters. The van der Waals surface area contributed by atoms with Gasteiger partial charge in [0.15, 0.2) is 6.10 Å². The minimum absolute atomic E-state index is 0.119. The number of ether oxygens (including phenoxy) is 1. The molecule has 0 bridgehead atoms. The lowest BCUT2D eigenvalue weighted by molar-refractivity contribution is -0.128. The van der Waals surface area contributed by atoms with E-state index in [-0.39, 0.29) is 5.91 Å². The van der Waals surface area contributed by atoms with E-state index in [4.69, 9.17) is 4.74 Å². The molecule has 0 aliphatic heterocycles. The van der Waals surface area contributed by atoms with Crippen molar-refractivity contribution < 1.29 is 17.9 Å². The van der Waals surface area contributed by atoms with E-state index in [1.54, 1.807) is 24.3 Å². The summed E-state index contributed by atoms with van der Waals surface area (Å²) in [6.07, 6.45) is 9.12. The lowest BCUT2D eigenvalue weighted by Crippen LogP contribution is -2.38. The van der Waals surface area contributed by atoms with Crippen LogP contribution in [0.3, 0.4) is 0 Å². The lowest BCUT2D eigenvalue weighted by Gasteiger charge is -2.20. The molecule has 1 aromatic rings. The summed E-state index contributed by atoms with van der Waals surface area (Å²) in [5, 5.41) is 2.96. The fraction of sp³-hybridized carbons (Fsp3) is 0.550. The molecule has 0 saturated carbocycles. The number of hydrogen-bond acceptors (Lipinski definition) is 4. The molecule has 0 spiro atoms. The number of carbonyl (C=O) groups excluding carboxylic acids is 1. The van der Waals surface area contributed by atoms with Gasteiger partial charge in [-0.3, -0.25) is 9.10 Å². The van der Waals surface area contributed by atoms with Crippen LogP contribution in [0.4, 0.5) is 5.69 Å². The first-order chi connectivity index (χ1) is 12.8. The highest BCUT2D eigenvalue weighted by atomic mass is 32.2. The summed E-state index contributed by atoms with van der Waals surface area (Å²) in [5.41, 5.74) is 1.98. The van der Waals surface area contributed by atoms with Crippen molar-refractivity contribution in [3.63, 3.8) is 0 Å². The van der Waals surface area contributed by atoms with Gasteiger partial charge >= 0.3 is 0 Å². The molecule has 7 heteroatoms. The number of hydrogen-bond donors (Lipinski definition) is 1. The van der Waals surface area contributed by atoms with E-state index >= 15 is 0 Å². The van der Waals surface area contributed by atoms with Gasteiger partial charge in [0.25, 0.3) is 5.91 Å². The summed E-state index contributed by atoms with van der Waals surface area (Å²) in [7, 11) is -1.81. The van der Waals surface area contributed by atoms with Crippen molar-refractivity contribution in [1.82, 2.24) is 5.32 Å². The van der Waals surface area contributed by atoms with Crippen molar-refractivity contribution in [3.05, 3.63) is 35.9 Å². The van der Waals surface area contributed by atoms with Crippen LogP contribution in [-0.4, -0.2) is 40.3 Å². The molecule has 1 aliphatic rings. The van der Waals surface area contributed by atoms with E-state index in [1.807, 2.05) is 6.92 Å². The van der Waals surface area contributed by atoms with Gasteiger partial charge in [-0.25, -0.2) is 8.42 Å². The van der Waals surface area contributed by atoms with Gasteiger partial charge in [-0.1, -0.05) is 18.6 Å². The van der Waals surface area contributed by atoms with E-state index in [0.717, 1.165) is 25.5 Å². The van der Waals surface area contributed by atoms with E-state index in [1.165, 1.54) is 29.8 Å². The molecule has 1 aliphatic carbocycles. The highest BCUT2D eigenvalue weighted by Crippen LogP contribution is 2.22. The average molecular weight is 395 g/mol. The molecule has 0 heterocycles. The SMILES string of the molecule is CC[C@H](Oc1ccc(N(C)S(C)(=O)=O)cc1)C(=O)NCCC1=CCCCC1. The summed E-state index contributed by atoms with van der Waals surface area (Å²) in [6, 6.07) is 6.69. The number of carbonyl (C=O) groups is 1. The number of allylic oxidation sites excluding steroid dienone is 1. The fourth-order valence-corrected chi connectivity index (χ4v) is 3.51. The van der Waals surface area contributed by atoms with Crippen molar-refractivity contribution >= 4 is 21.6 Å². The largest absolute Gasteiger partial charge is 0.481 e. The van der Waals surface area contributed by atoms with Gasteiger partial charge in [0.1, 0.15) is 5.75 Å². The number of sulfonamides is 1. The fourth-order valence-electron chi connectivity index (χ4n) is 3.00. The van der Waals surface area contributed by atoms with Crippen LogP contribution in [0.1, 0.15) is 45.4 Å². The third kappa shape index (κ3) is 6.57. The highest BCUT2D eigenvalue weighted by molar-refractivity contribution is 7.92. The Morgan fingerprint density at radius 2 is 1.96 bits per heavy atom. The molecule has 0 saturated heterocycles. The molecule has 1 aromatic carbocycles. The highest BCUT2D eigenvalue weighted by Gasteiger charge is 2.19. The number of rotatable bonds is 9. The zero-order valence-corrected chi connectivity index (χ0v) is 17.2. The average Bonchev–Trinajstić information content (AvgIpc) is 2.66. The van der Waals surface area contributed by atoms with Gasteiger partial charge < -0.3 is 10.1 Å². The van der Waals surface area contributed by atoms with Gasteiger partial charge in [0.05, 0.1) is 11.9 Å². The van der Waals surface area contributed by atoms with Gasteiger partial charge in [-0.2, -0.15) is 0 Å². The summed E-state index contributed by atoms with van der Waals surface area (Å²) in [5.74, 6) is 0.420. The van der Waals surface area contributed by atoms with Crippen LogP contribution < -0.4 is 14.4 Å². The second-order valence-corrected chi connectivity index (χ2v) is 8.90. The first-order valence-corrected chi connectivity index (χ1v) is 11.3. The smallest absolute Gasteiger partial charge is 0.261 e. The van der Waals surface area contributed by atoms with Crippen LogP contribution in [0.5, 0.6) is 5.75 Å². The Hall–Kier alpha value is -2.02. The number of benzene rings is 1. The molecule has 1 amide bonds. The van der Waals surface area contributed by atoms with Crippen molar-refractivity contribution in [2.75, 3.05) is 24.2 Å². The minimum Gasteiger partial charge on any atom is -0.481 e. The molecule has 1 atom stereocenters. The number of anilines is 1. The van der Waals surface area contributed by atoms with Crippen LogP contribution in [0, 0.1) is 0 Å². The van der Waals surface area contributed by atoms with Gasteiger partial charge in [0.2, 0.25) is 10.0 Å². The lowest BCUT2D eigenvalue weighted by atomic mass is 9.97. The predicted octanol–water partition coefficient (Wildman–Crippen LogP) is 3.25. The molecule has 2 rings (SSSR count). The molecular weight excluding hydrogens is 364 g/mol. The molecule has 0 aromatic heterocycles. The van der Waals surface area contributed by atoms with Crippen LogP contribution in [0.25, 0.3) is 0 Å². The zero-order chi connectivity index (χ0) is 19.9. The Labute approximate surface area is 162 Å². The quantitative estimate of drug-likeness (QED) is 0.653. The molecule has 150 valence electrons. The standard InChI is InChI=1S/C20H30N2O4S/c1-4-19(20(23)21-15-14-16-8-6-5-7-9-16)26-18-12-10-17(11-13-18)22(2)27(3,24)25/h8,10-13,19H,4-7,9,14-15H2,1-3H3,(H,21,23)/t19-/m0/s1. The molecular formula is C20H30N2O4S. The number of amides is 1. The number of nitrogens with one attached hydrogen (secondary N) is 1. The second kappa shape index (κ2) is 9.78. The maximum Gasteiger partial charge on any atom is 0.261 e. The Balaban J connectivity index is 1.87. The Morgan fingerprint density at radius 3 is 2.52 bits per heavy atom. The van der Waals surface area contributed by atoms with Crippen LogP contribution >= 0.6 is 0 Å². The summed E-state index contributed by atoms with van der Waals surface area (Å²) in [6.45, 7) is 2.53. The van der Waals surface area contributed by atoms with Crippen molar-refractivity contribution in [2.24, 2.45) is 0 Å². The van der Waals surface area contributed by atoms with Gasteiger partial charge in [-0.05, 0) is 62.8 Å². The third-order valence-corrected chi connectivity index (χ3v) is 5.98. The van der Waals surface area contributed by atoms with Gasteiger partial charge in [0, 0.05) is 13.6 Å². The first kappa shape index (κ1) is 21.3. The summed E-state index contributed by atoms with van der Waals surface area (Å²) < 4.78 is 30.2. The molecule has 27 heavy (non-hydrogen) atoms. The van der Waals surface area contributed by atoms with Crippen molar-refractivity contribution in [3.8, 4) is 5.75 Å². The minimum atomic E-state index is -3.31. The van der Waals surface area contributed by atoms with Crippen molar-refractivity contribution in [1.29, 1.82) is 0 Å². The van der Waals surface area contributed by atoms with E-state index in [9.17, 15) is 13.2 Å². The molecule has 1 N–H and O–H groups in total. The van der Waals surface area contributed by atoms with E-state index in [0.29, 0.717) is 24.4 Å². The molecule has 6 nitrogen and oxygen atoms in total. The number of nitrogens with zero attached hydrogens (tertiary/aromatic N) is 1. The van der Waals surface area contributed by atoms with Crippen LogP contribution in [0.15, 0.2) is 35.9 Å². The summed E-state index contributed by atoms with van der Waals surface area (Å²) >= 11 is 0. The van der Waals surface area contributed by atoms with Crippen LogP contribution in [0.2, 0.25) is 0 Å². The van der Waals surface area contributed by atoms with E-state index in [2.05, 4.69) is 11.4 Å². The Bertz CT molecular complexity index is 757. The van der Waals surface area contributed by atoms with Crippen LogP contribution in [-0.2, 0) is 14.8 Å². The third-order valence-electron chi connectivity index (χ3n) is 4.77. The Kier molecular flexibility index (Phi) is 7.71. The second-order valence-electron chi connectivity index (χ2n) is 6.89. The topological polar surface area (TPSA) is 75.7 Å². The molecule has 0 fully saturated rings. The zero-order valence-electron chi connectivity index (χ0n) is 16.4. The molecule has 0 radical (unpaired) electrons. The predicted molar refractivity (Wildman–Crippen MR) is 109 cm³/mol. The first-order valence-electron chi connectivity index (χ1n) is 9.47. The van der Waals surface area contributed by atoms with Crippen molar-refractivity contribution in [2.45, 2.75) is 51.6 Å². The summed E-state index contributed by atoms with van der Waals surface area (Å²) in [4.78, 5) is 12.4. The monoisotopic (exact) mass is 394 g/mol. The normalized spacial score (nSPS) is 15.6. The Morgan fingerprint density at radius 1 is 1.26 bits per heavy atom. The van der Waals surface area contributed by atoms with Gasteiger partial charge in [-0.15, -0.1) is 0 Å². The maximum atomic E-state index is 12.4.